The molecule has 2 unspecified atom stereocenters. The third-order valence-corrected chi connectivity index (χ3v) is 2.95. The van der Waals surface area contributed by atoms with E-state index >= 15 is 0 Å². The number of hydrogen-bond donors (Lipinski definition) is 2. The van der Waals surface area contributed by atoms with Gasteiger partial charge in [-0.2, -0.15) is 12.6 Å². The molecule has 1 N–H and O–H groups in total. The topological polar surface area (TPSA) is 29.1 Å². The van der Waals surface area contributed by atoms with E-state index < -0.39 is 0 Å². The smallest absolute Gasteiger partial charge is 0.232 e. The highest BCUT2D eigenvalue weighted by molar-refractivity contribution is 7.81. The van der Waals surface area contributed by atoms with E-state index in [1.165, 1.54) is 6.42 Å². The summed E-state index contributed by atoms with van der Waals surface area (Å²) in [6.45, 7) is 6.17. The molecule has 1 amide bonds. The predicted octanol–water partition coefficient (Wildman–Crippen LogP) is 1.61. The molecule has 70 valence electrons. The van der Waals surface area contributed by atoms with Crippen molar-refractivity contribution < 1.29 is 4.79 Å². The van der Waals surface area contributed by atoms with Crippen LogP contribution in [0, 0.1) is 5.41 Å². The second kappa shape index (κ2) is 3.29. The van der Waals surface area contributed by atoms with E-state index in [1.54, 1.807) is 6.92 Å². The zero-order valence-corrected chi connectivity index (χ0v) is 8.82. The molecule has 0 aromatic heterocycles. The first-order valence-corrected chi connectivity index (χ1v) is 4.93. The van der Waals surface area contributed by atoms with Crippen molar-refractivity contribution >= 4 is 18.5 Å². The molecule has 0 saturated heterocycles. The average molecular weight is 187 g/mol. The lowest BCUT2D eigenvalue weighted by Crippen LogP contribution is -2.53. The first kappa shape index (κ1) is 9.90. The Kier molecular flexibility index (Phi) is 2.71. The molecule has 1 saturated carbocycles. The second-order valence-electron chi connectivity index (χ2n) is 4.26. The Morgan fingerprint density at radius 1 is 1.67 bits per heavy atom. The Labute approximate surface area is 79.5 Å². The highest BCUT2D eigenvalue weighted by Gasteiger charge is 2.39. The molecule has 0 aromatic rings. The van der Waals surface area contributed by atoms with Gasteiger partial charge in [0, 0.05) is 6.04 Å². The van der Waals surface area contributed by atoms with Crippen LogP contribution in [0.5, 0.6) is 0 Å². The van der Waals surface area contributed by atoms with Crippen LogP contribution in [0.4, 0.5) is 0 Å². The quantitative estimate of drug-likeness (QED) is 0.632. The monoisotopic (exact) mass is 187 g/mol. The van der Waals surface area contributed by atoms with Crippen molar-refractivity contribution in [3.8, 4) is 0 Å². The van der Waals surface area contributed by atoms with E-state index in [9.17, 15) is 4.79 Å². The molecule has 2 nitrogen and oxygen atoms in total. The number of rotatable bonds is 2. The van der Waals surface area contributed by atoms with E-state index in [4.69, 9.17) is 0 Å². The molecule has 0 heterocycles. The summed E-state index contributed by atoms with van der Waals surface area (Å²) in [4.78, 5) is 11.2. The molecule has 12 heavy (non-hydrogen) atoms. The van der Waals surface area contributed by atoms with E-state index in [1.807, 2.05) is 0 Å². The van der Waals surface area contributed by atoms with Crippen LogP contribution in [0.2, 0.25) is 0 Å². The van der Waals surface area contributed by atoms with E-state index in [0.717, 1.165) is 6.42 Å². The molecule has 0 aromatic carbocycles. The fourth-order valence-corrected chi connectivity index (χ4v) is 1.50. The minimum absolute atomic E-state index is 0.0520. The maximum Gasteiger partial charge on any atom is 0.232 e. The number of thiol groups is 1. The number of nitrogens with one attached hydrogen (secondary N) is 1. The summed E-state index contributed by atoms with van der Waals surface area (Å²) in [7, 11) is 0. The van der Waals surface area contributed by atoms with Crippen LogP contribution >= 0.6 is 12.6 Å². The predicted molar refractivity (Wildman–Crippen MR) is 53.4 cm³/mol. The zero-order chi connectivity index (χ0) is 9.35. The first-order chi connectivity index (χ1) is 5.43. The molecule has 0 bridgehead atoms. The summed E-state index contributed by atoms with van der Waals surface area (Å²) in [5.41, 5.74) is 0.290. The summed E-state index contributed by atoms with van der Waals surface area (Å²) in [5, 5.41) is 2.80. The molecule has 0 radical (unpaired) electrons. The van der Waals surface area contributed by atoms with E-state index in [0.29, 0.717) is 11.5 Å². The lowest BCUT2D eigenvalue weighted by Gasteiger charge is -2.45. The average Bonchev–Trinajstić information content (AvgIpc) is 1.97. The van der Waals surface area contributed by atoms with Crippen molar-refractivity contribution in [3.05, 3.63) is 0 Å². The SMILES string of the molecule is CC(S)C(=O)NC1CCC1(C)C. The number of amides is 1. The van der Waals surface area contributed by atoms with Gasteiger partial charge in [0.25, 0.3) is 0 Å². The van der Waals surface area contributed by atoms with Crippen LogP contribution in [0.15, 0.2) is 0 Å². The van der Waals surface area contributed by atoms with Crippen LogP contribution in [0.1, 0.15) is 33.6 Å². The molecule has 1 aliphatic rings. The van der Waals surface area contributed by atoms with Gasteiger partial charge in [0.05, 0.1) is 5.25 Å². The van der Waals surface area contributed by atoms with Crippen LogP contribution in [0.25, 0.3) is 0 Å². The second-order valence-corrected chi connectivity index (χ2v) is 5.04. The summed E-state index contributed by atoms with van der Waals surface area (Å²) in [6.07, 6.45) is 2.32. The third kappa shape index (κ3) is 1.94. The van der Waals surface area contributed by atoms with Crippen LogP contribution in [-0.2, 0) is 4.79 Å². The number of hydrogen-bond acceptors (Lipinski definition) is 2. The van der Waals surface area contributed by atoms with Gasteiger partial charge in [-0.1, -0.05) is 13.8 Å². The molecule has 2 atom stereocenters. The summed E-state index contributed by atoms with van der Waals surface area (Å²) in [5.74, 6) is 0.0520. The highest BCUT2D eigenvalue weighted by Crippen LogP contribution is 2.39. The first-order valence-electron chi connectivity index (χ1n) is 4.42. The van der Waals surface area contributed by atoms with Gasteiger partial charge in [0.2, 0.25) is 5.91 Å². The largest absolute Gasteiger partial charge is 0.352 e. The van der Waals surface area contributed by atoms with Gasteiger partial charge in [0.15, 0.2) is 0 Å². The maximum atomic E-state index is 11.2. The standard InChI is InChI=1S/C9H17NOS/c1-6(12)8(11)10-7-4-5-9(7,2)3/h6-7,12H,4-5H2,1-3H3,(H,10,11). The lowest BCUT2D eigenvalue weighted by molar-refractivity contribution is -0.123. The van der Waals surface area contributed by atoms with Gasteiger partial charge in [-0.25, -0.2) is 0 Å². The summed E-state index contributed by atoms with van der Waals surface area (Å²) >= 11 is 4.08. The Hall–Kier alpha value is -0.180. The van der Waals surface area contributed by atoms with Crippen molar-refractivity contribution in [2.75, 3.05) is 0 Å². The van der Waals surface area contributed by atoms with Gasteiger partial charge in [-0.15, -0.1) is 0 Å². The molecule has 1 aliphatic carbocycles. The minimum Gasteiger partial charge on any atom is -0.352 e. The molecular weight excluding hydrogens is 170 g/mol. The molecular formula is C9H17NOS. The maximum absolute atomic E-state index is 11.2. The highest BCUT2D eigenvalue weighted by atomic mass is 32.1. The van der Waals surface area contributed by atoms with Crippen molar-refractivity contribution in [3.63, 3.8) is 0 Å². The molecule has 0 aliphatic heterocycles. The molecule has 3 heteroatoms. The molecule has 0 spiro atoms. The lowest BCUT2D eigenvalue weighted by atomic mass is 9.67. The summed E-state index contributed by atoms with van der Waals surface area (Å²) in [6, 6.07) is 0.361. The van der Waals surface area contributed by atoms with Gasteiger partial charge in [0.1, 0.15) is 0 Å². The Morgan fingerprint density at radius 3 is 2.50 bits per heavy atom. The van der Waals surface area contributed by atoms with Crippen molar-refractivity contribution in [2.24, 2.45) is 5.41 Å². The van der Waals surface area contributed by atoms with Gasteiger partial charge in [-0.3, -0.25) is 4.79 Å². The van der Waals surface area contributed by atoms with Gasteiger partial charge < -0.3 is 5.32 Å². The zero-order valence-electron chi connectivity index (χ0n) is 7.92. The Morgan fingerprint density at radius 2 is 2.25 bits per heavy atom. The Balaban J connectivity index is 2.38. The molecule has 1 fully saturated rings. The molecule has 1 rings (SSSR count). The Bertz CT molecular complexity index is 189. The van der Waals surface area contributed by atoms with Gasteiger partial charge in [-0.05, 0) is 25.2 Å². The van der Waals surface area contributed by atoms with Crippen LogP contribution in [0.3, 0.4) is 0 Å². The number of carbonyl (C=O) groups is 1. The third-order valence-electron chi connectivity index (χ3n) is 2.72. The number of carbonyl (C=O) groups excluding carboxylic acids is 1. The van der Waals surface area contributed by atoms with Crippen LogP contribution < -0.4 is 5.32 Å². The van der Waals surface area contributed by atoms with Crippen LogP contribution in [-0.4, -0.2) is 17.2 Å². The van der Waals surface area contributed by atoms with Crippen molar-refractivity contribution in [1.82, 2.24) is 5.32 Å². The van der Waals surface area contributed by atoms with E-state index in [-0.39, 0.29) is 11.2 Å². The minimum atomic E-state index is -0.193. The van der Waals surface area contributed by atoms with Gasteiger partial charge >= 0.3 is 0 Å². The van der Waals surface area contributed by atoms with E-state index in [2.05, 4.69) is 31.8 Å². The van der Waals surface area contributed by atoms with Crippen molar-refractivity contribution in [1.29, 1.82) is 0 Å². The fourth-order valence-electron chi connectivity index (χ4n) is 1.43. The van der Waals surface area contributed by atoms with Crippen molar-refractivity contribution in [2.45, 2.75) is 44.9 Å². The normalized spacial score (nSPS) is 28.8. The fraction of sp³-hybridized carbons (Fsp3) is 0.889. The summed E-state index contributed by atoms with van der Waals surface area (Å²) < 4.78 is 0.